The molecule has 2 aliphatic rings. The number of likely N-dealkylation sites (N-methyl/N-ethyl adjacent to an activating group) is 1. The molecule has 1 aromatic carbocycles. The number of amides is 1. The van der Waals surface area contributed by atoms with Crippen LogP contribution in [0.3, 0.4) is 0 Å². The van der Waals surface area contributed by atoms with Crippen LogP contribution in [-0.4, -0.2) is 99.8 Å². The summed E-state index contributed by atoms with van der Waals surface area (Å²) >= 11 is 0. The van der Waals surface area contributed by atoms with E-state index in [9.17, 15) is 4.79 Å². The Morgan fingerprint density at radius 1 is 1.10 bits per heavy atom. The number of anilines is 1. The number of hydrogen-bond acceptors (Lipinski definition) is 9. The third-order valence-corrected chi connectivity index (χ3v) is 8.48. The van der Waals surface area contributed by atoms with Crippen molar-refractivity contribution < 1.29 is 4.79 Å². The van der Waals surface area contributed by atoms with E-state index in [0.29, 0.717) is 23.9 Å². The first-order valence-electron chi connectivity index (χ1n) is 15.0. The minimum atomic E-state index is -0.0284. The van der Waals surface area contributed by atoms with Gasteiger partial charge in [-0.25, -0.2) is 9.97 Å². The molecule has 0 spiro atoms. The molecule has 220 valence electrons. The normalized spacial score (nSPS) is 20.4. The van der Waals surface area contributed by atoms with Gasteiger partial charge in [0.1, 0.15) is 12.0 Å². The molecule has 1 amide bonds. The summed E-state index contributed by atoms with van der Waals surface area (Å²) < 4.78 is 2.16. The molecule has 41 heavy (non-hydrogen) atoms. The Morgan fingerprint density at radius 3 is 2.88 bits per heavy atom. The van der Waals surface area contributed by atoms with Crippen LogP contribution in [0.15, 0.2) is 42.9 Å². The van der Waals surface area contributed by atoms with Crippen molar-refractivity contribution in [1.29, 1.82) is 0 Å². The lowest BCUT2D eigenvalue weighted by Crippen LogP contribution is -2.42. The summed E-state index contributed by atoms with van der Waals surface area (Å²) in [5.74, 6) is 2.68. The Bertz CT molecular complexity index is 1250. The molecule has 2 fully saturated rings. The van der Waals surface area contributed by atoms with Crippen LogP contribution in [0.4, 0.5) is 5.69 Å². The van der Waals surface area contributed by atoms with Gasteiger partial charge in [0.25, 0.3) is 5.91 Å². The van der Waals surface area contributed by atoms with E-state index in [0.717, 1.165) is 94.8 Å². The van der Waals surface area contributed by atoms with Crippen molar-refractivity contribution in [2.24, 2.45) is 11.8 Å². The highest BCUT2D eigenvalue weighted by Gasteiger charge is 2.24. The molecule has 2 aromatic heterocycles. The van der Waals surface area contributed by atoms with Gasteiger partial charge in [-0.1, -0.05) is 19.4 Å². The summed E-state index contributed by atoms with van der Waals surface area (Å²) in [4.78, 5) is 26.4. The first kappa shape index (κ1) is 29.1. The molecule has 0 saturated carbocycles. The number of nitrogens with zero attached hydrogens (tertiary/aromatic N) is 7. The number of carbonyl (C=O) groups is 1. The summed E-state index contributed by atoms with van der Waals surface area (Å²) in [5, 5.41) is 19.2. The molecule has 0 radical (unpaired) electrons. The van der Waals surface area contributed by atoms with Gasteiger partial charge in [-0.2, -0.15) is 0 Å². The van der Waals surface area contributed by atoms with Gasteiger partial charge in [0.2, 0.25) is 0 Å². The molecular formula is C30H44N10O. The average molecular weight is 561 g/mol. The molecule has 2 atom stereocenters. The van der Waals surface area contributed by atoms with Gasteiger partial charge in [0.15, 0.2) is 11.6 Å². The molecule has 4 heterocycles. The Labute approximate surface area is 243 Å². The molecule has 0 bridgehead atoms. The fourth-order valence-electron chi connectivity index (χ4n) is 5.88. The third kappa shape index (κ3) is 7.87. The smallest absolute Gasteiger partial charge is 0.251 e. The van der Waals surface area contributed by atoms with E-state index in [-0.39, 0.29) is 5.91 Å². The lowest BCUT2D eigenvalue weighted by atomic mass is 9.84. The fourth-order valence-corrected chi connectivity index (χ4v) is 5.88. The number of rotatable bonds is 11. The maximum Gasteiger partial charge on any atom is 0.251 e. The summed E-state index contributed by atoms with van der Waals surface area (Å²) in [5.41, 5.74) is 2.29. The number of benzene rings is 1. The van der Waals surface area contributed by atoms with E-state index in [2.05, 4.69) is 64.5 Å². The quantitative estimate of drug-likeness (QED) is 0.325. The minimum Gasteiger partial charge on any atom is -0.378 e. The van der Waals surface area contributed by atoms with E-state index in [1.165, 1.54) is 6.42 Å². The summed E-state index contributed by atoms with van der Waals surface area (Å²) in [6, 6.07) is 9.55. The Kier molecular flexibility index (Phi) is 10.3. The van der Waals surface area contributed by atoms with E-state index >= 15 is 0 Å². The molecular weight excluding hydrogens is 516 g/mol. The van der Waals surface area contributed by atoms with Crippen molar-refractivity contribution in [3.8, 4) is 11.5 Å². The largest absolute Gasteiger partial charge is 0.378 e. The zero-order valence-corrected chi connectivity index (χ0v) is 24.4. The number of hydrogen-bond donors (Lipinski definition) is 3. The van der Waals surface area contributed by atoms with E-state index in [1.807, 2.05) is 30.3 Å². The first-order chi connectivity index (χ1) is 20.1. The minimum absolute atomic E-state index is 0.0284. The molecule has 0 aliphatic carbocycles. The van der Waals surface area contributed by atoms with E-state index in [1.54, 1.807) is 12.5 Å². The Balaban J connectivity index is 1.23. The number of nitrogens with one attached hydrogen (secondary N) is 3. The van der Waals surface area contributed by atoms with Crippen LogP contribution in [0.25, 0.3) is 11.5 Å². The molecule has 2 unspecified atom stereocenters. The summed E-state index contributed by atoms with van der Waals surface area (Å²) in [7, 11) is 2.19. The highest BCUT2D eigenvalue weighted by molar-refractivity contribution is 5.95. The van der Waals surface area contributed by atoms with Gasteiger partial charge >= 0.3 is 0 Å². The molecule has 3 aromatic rings. The van der Waals surface area contributed by atoms with Gasteiger partial charge in [0.05, 0.1) is 6.54 Å². The SMILES string of the molecule is CCC1CNCCC1CNC(=O)c1cccc(NCc2nnc(-c3ccncn3)n2CCN2CCCN(C)CC2)c1. The molecule has 2 aliphatic heterocycles. The highest BCUT2D eigenvalue weighted by Crippen LogP contribution is 2.22. The van der Waals surface area contributed by atoms with Crippen molar-refractivity contribution in [3.05, 3.63) is 54.2 Å². The zero-order chi connectivity index (χ0) is 28.4. The van der Waals surface area contributed by atoms with E-state index in [4.69, 9.17) is 0 Å². The second-order valence-electron chi connectivity index (χ2n) is 11.3. The standard InChI is InChI=1S/C30H44N10O/c1-3-23-19-31-10-8-25(23)20-34-30(41)24-6-4-7-26(18-24)33-21-28-36-37-29(27-9-11-32-22-35-27)40(28)17-16-39-13-5-12-38(2)14-15-39/h4,6-7,9,11,18,22-23,25,31,33H,3,5,8,10,12-17,19-21H2,1-2H3,(H,34,41). The lowest BCUT2D eigenvalue weighted by molar-refractivity contribution is 0.0935. The van der Waals surface area contributed by atoms with Gasteiger partial charge in [-0.05, 0) is 82.2 Å². The van der Waals surface area contributed by atoms with Crippen LogP contribution in [0, 0.1) is 11.8 Å². The molecule has 11 heteroatoms. The van der Waals surface area contributed by atoms with Crippen molar-refractivity contribution in [3.63, 3.8) is 0 Å². The first-order valence-corrected chi connectivity index (χ1v) is 15.0. The summed E-state index contributed by atoms with van der Waals surface area (Å²) in [6.07, 6.45) is 6.68. The lowest BCUT2D eigenvalue weighted by Gasteiger charge is -2.31. The predicted molar refractivity (Wildman–Crippen MR) is 160 cm³/mol. The number of piperidine rings is 1. The van der Waals surface area contributed by atoms with Crippen LogP contribution in [-0.2, 0) is 13.1 Å². The fraction of sp³-hybridized carbons (Fsp3) is 0.567. The van der Waals surface area contributed by atoms with Crippen LogP contribution in [0.2, 0.25) is 0 Å². The van der Waals surface area contributed by atoms with Gasteiger partial charge < -0.3 is 30.3 Å². The van der Waals surface area contributed by atoms with E-state index < -0.39 is 0 Å². The summed E-state index contributed by atoms with van der Waals surface area (Å²) in [6.45, 7) is 11.5. The van der Waals surface area contributed by atoms with Crippen molar-refractivity contribution in [2.45, 2.75) is 39.3 Å². The zero-order valence-electron chi connectivity index (χ0n) is 24.4. The molecule has 2 saturated heterocycles. The number of aromatic nitrogens is 5. The maximum absolute atomic E-state index is 13.0. The van der Waals surface area contributed by atoms with Crippen molar-refractivity contribution in [1.82, 2.24) is 45.2 Å². The maximum atomic E-state index is 13.0. The van der Waals surface area contributed by atoms with Crippen LogP contribution in [0.1, 0.15) is 42.4 Å². The highest BCUT2D eigenvalue weighted by atomic mass is 16.1. The van der Waals surface area contributed by atoms with Crippen LogP contribution >= 0.6 is 0 Å². The van der Waals surface area contributed by atoms with Crippen LogP contribution < -0.4 is 16.0 Å². The monoisotopic (exact) mass is 560 g/mol. The topological polar surface area (TPSA) is 116 Å². The predicted octanol–water partition coefficient (Wildman–Crippen LogP) is 2.35. The van der Waals surface area contributed by atoms with Gasteiger partial charge in [-0.15, -0.1) is 10.2 Å². The molecule has 5 rings (SSSR count). The Morgan fingerprint density at radius 2 is 2.02 bits per heavy atom. The second kappa shape index (κ2) is 14.5. The average Bonchev–Trinajstić information content (AvgIpc) is 3.31. The van der Waals surface area contributed by atoms with Gasteiger partial charge in [0, 0.05) is 50.2 Å². The Hall–Kier alpha value is -3.41. The third-order valence-electron chi connectivity index (χ3n) is 8.48. The van der Waals surface area contributed by atoms with Crippen molar-refractivity contribution >= 4 is 11.6 Å². The number of carbonyl (C=O) groups excluding carboxylic acids is 1. The van der Waals surface area contributed by atoms with Crippen molar-refractivity contribution in [2.75, 3.05) is 64.7 Å². The van der Waals surface area contributed by atoms with Crippen LogP contribution in [0.5, 0.6) is 0 Å². The van der Waals surface area contributed by atoms with Gasteiger partial charge in [-0.3, -0.25) is 4.79 Å². The second-order valence-corrected chi connectivity index (χ2v) is 11.3. The molecule has 11 nitrogen and oxygen atoms in total. The molecule has 3 N–H and O–H groups in total.